The predicted octanol–water partition coefficient (Wildman–Crippen LogP) is 2.58. The quantitative estimate of drug-likeness (QED) is 0.692. The van der Waals surface area contributed by atoms with E-state index in [2.05, 4.69) is 39.4 Å². The Labute approximate surface area is 183 Å². The lowest BCUT2D eigenvalue weighted by atomic mass is 9.71. The first-order valence-electron chi connectivity index (χ1n) is 11.2. The summed E-state index contributed by atoms with van der Waals surface area (Å²) in [5.41, 5.74) is 10.5. The van der Waals surface area contributed by atoms with Gasteiger partial charge in [0.25, 0.3) is 0 Å². The SMILES string of the molecule is COc1ccccc1CCN1CC2CC3C(CC2NC1=O)NNC3c1ccnc(C)c1. The zero-order valence-corrected chi connectivity index (χ0v) is 18.2. The van der Waals surface area contributed by atoms with Crippen molar-refractivity contribution >= 4 is 6.03 Å². The van der Waals surface area contributed by atoms with Crippen LogP contribution >= 0.6 is 0 Å². The maximum atomic E-state index is 12.8. The Balaban J connectivity index is 1.26. The number of carbonyl (C=O) groups is 1. The minimum absolute atomic E-state index is 0.0573. The molecule has 164 valence electrons. The van der Waals surface area contributed by atoms with Crippen LogP contribution < -0.4 is 20.9 Å². The van der Waals surface area contributed by atoms with Gasteiger partial charge in [0.2, 0.25) is 0 Å². The van der Waals surface area contributed by atoms with Gasteiger partial charge in [0.1, 0.15) is 5.75 Å². The molecule has 31 heavy (non-hydrogen) atoms. The zero-order chi connectivity index (χ0) is 21.4. The lowest BCUT2D eigenvalue weighted by Gasteiger charge is -2.45. The van der Waals surface area contributed by atoms with Crippen LogP contribution in [-0.2, 0) is 6.42 Å². The number of hydrazine groups is 1. The highest BCUT2D eigenvalue weighted by Gasteiger charge is 2.47. The van der Waals surface area contributed by atoms with Crippen LogP contribution in [0.1, 0.15) is 35.7 Å². The molecule has 2 aromatic rings. The Kier molecular flexibility index (Phi) is 5.54. The number of aryl methyl sites for hydroxylation is 1. The molecule has 5 rings (SSSR count). The Bertz CT molecular complexity index is 951. The molecule has 2 saturated heterocycles. The number of ether oxygens (including phenoxy) is 1. The minimum Gasteiger partial charge on any atom is -0.496 e. The number of rotatable bonds is 5. The second kappa shape index (κ2) is 8.48. The van der Waals surface area contributed by atoms with E-state index in [0.29, 0.717) is 24.4 Å². The van der Waals surface area contributed by atoms with Gasteiger partial charge in [0.15, 0.2) is 0 Å². The summed E-state index contributed by atoms with van der Waals surface area (Å²) in [4.78, 5) is 19.1. The van der Waals surface area contributed by atoms with E-state index < -0.39 is 0 Å². The van der Waals surface area contributed by atoms with Crippen molar-refractivity contribution in [1.82, 2.24) is 26.1 Å². The summed E-state index contributed by atoms with van der Waals surface area (Å²) < 4.78 is 5.47. The van der Waals surface area contributed by atoms with Gasteiger partial charge in [-0.25, -0.2) is 10.2 Å². The maximum absolute atomic E-state index is 12.8. The first-order chi connectivity index (χ1) is 15.1. The molecule has 7 nitrogen and oxygen atoms in total. The molecule has 1 aromatic carbocycles. The number of carbonyl (C=O) groups excluding carboxylic acids is 1. The number of fused-ring (bicyclic) bond motifs is 2. The number of nitrogens with one attached hydrogen (secondary N) is 3. The second-order valence-corrected chi connectivity index (χ2v) is 9.06. The number of hydrogen-bond donors (Lipinski definition) is 3. The van der Waals surface area contributed by atoms with E-state index in [1.54, 1.807) is 7.11 Å². The summed E-state index contributed by atoms with van der Waals surface area (Å²) in [5, 5.41) is 3.29. The van der Waals surface area contributed by atoms with Crippen LogP contribution in [0.15, 0.2) is 42.6 Å². The van der Waals surface area contributed by atoms with E-state index >= 15 is 0 Å². The van der Waals surface area contributed by atoms with Gasteiger partial charge in [-0.1, -0.05) is 18.2 Å². The van der Waals surface area contributed by atoms with Crippen LogP contribution in [0, 0.1) is 18.8 Å². The summed E-state index contributed by atoms with van der Waals surface area (Å²) in [5.74, 6) is 1.86. The fourth-order valence-corrected chi connectivity index (χ4v) is 5.60. The fourth-order valence-electron chi connectivity index (χ4n) is 5.60. The smallest absolute Gasteiger partial charge is 0.317 e. The standard InChI is InChI=1S/C24H31N5O2/c1-15-11-17(7-9-25-15)23-19-12-18-14-29(10-8-16-5-3-4-6-22(16)31-2)24(30)26-20(18)13-21(19)27-28-23/h3-7,9,11,18-21,23,27-28H,8,10,12-14H2,1-2H3,(H,26,30). The molecular weight excluding hydrogens is 390 g/mol. The molecule has 1 aromatic heterocycles. The molecule has 3 N–H and O–H groups in total. The Hall–Kier alpha value is -2.64. The van der Waals surface area contributed by atoms with Gasteiger partial charge < -0.3 is 15.0 Å². The lowest BCUT2D eigenvalue weighted by Crippen LogP contribution is -2.61. The van der Waals surface area contributed by atoms with Crippen LogP contribution in [-0.4, -0.2) is 48.2 Å². The third-order valence-corrected chi connectivity index (χ3v) is 7.20. The average Bonchev–Trinajstić information content (AvgIpc) is 3.19. The zero-order valence-electron chi connectivity index (χ0n) is 18.2. The monoisotopic (exact) mass is 421 g/mol. The number of benzene rings is 1. The molecular formula is C24H31N5O2. The van der Waals surface area contributed by atoms with Crippen molar-refractivity contribution in [3.63, 3.8) is 0 Å². The highest BCUT2D eigenvalue weighted by Crippen LogP contribution is 2.41. The van der Waals surface area contributed by atoms with Gasteiger partial charge in [-0.15, -0.1) is 0 Å². The molecule has 7 heteroatoms. The van der Waals surface area contributed by atoms with E-state index in [1.165, 1.54) is 5.56 Å². The molecule has 2 amide bonds. The Morgan fingerprint density at radius 1 is 1.16 bits per heavy atom. The number of nitrogens with zero attached hydrogens (tertiary/aromatic N) is 2. The van der Waals surface area contributed by atoms with Gasteiger partial charge in [-0.05, 0) is 67.3 Å². The van der Waals surface area contributed by atoms with E-state index in [9.17, 15) is 4.79 Å². The summed E-state index contributed by atoms with van der Waals surface area (Å²) in [6.07, 6.45) is 4.75. The van der Waals surface area contributed by atoms with Crippen molar-refractivity contribution in [1.29, 1.82) is 0 Å². The molecule has 5 atom stereocenters. The first kappa shape index (κ1) is 20.3. The molecule has 0 bridgehead atoms. The normalized spacial score (nSPS) is 29.8. The van der Waals surface area contributed by atoms with Crippen molar-refractivity contribution < 1.29 is 9.53 Å². The molecule has 0 radical (unpaired) electrons. The van der Waals surface area contributed by atoms with Crippen molar-refractivity contribution in [3.05, 3.63) is 59.4 Å². The highest BCUT2D eigenvalue weighted by molar-refractivity contribution is 5.75. The van der Waals surface area contributed by atoms with Crippen LogP contribution in [0.3, 0.4) is 0 Å². The summed E-state index contributed by atoms with van der Waals surface area (Å²) >= 11 is 0. The number of para-hydroxylation sites is 1. The first-order valence-corrected chi connectivity index (χ1v) is 11.2. The predicted molar refractivity (Wildman–Crippen MR) is 119 cm³/mol. The topological polar surface area (TPSA) is 78.5 Å². The Morgan fingerprint density at radius 3 is 2.87 bits per heavy atom. The largest absolute Gasteiger partial charge is 0.496 e. The van der Waals surface area contributed by atoms with E-state index in [-0.39, 0.29) is 18.1 Å². The summed E-state index contributed by atoms with van der Waals surface area (Å²) in [7, 11) is 1.69. The van der Waals surface area contributed by atoms with Gasteiger partial charge >= 0.3 is 6.03 Å². The summed E-state index contributed by atoms with van der Waals surface area (Å²) in [6.45, 7) is 3.56. The third kappa shape index (κ3) is 4.00. The van der Waals surface area contributed by atoms with E-state index in [0.717, 1.165) is 42.8 Å². The van der Waals surface area contributed by atoms with Gasteiger partial charge in [0, 0.05) is 37.1 Å². The van der Waals surface area contributed by atoms with Crippen molar-refractivity contribution in [2.45, 2.75) is 44.3 Å². The molecule has 2 aliphatic heterocycles. The van der Waals surface area contributed by atoms with Crippen LogP contribution in [0.5, 0.6) is 5.75 Å². The van der Waals surface area contributed by atoms with Crippen molar-refractivity contribution in [2.24, 2.45) is 11.8 Å². The molecule has 1 aliphatic carbocycles. The number of urea groups is 1. The van der Waals surface area contributed by atoms with Crippen LogP contribution in [0.25, 0.3) is 0 Å². The molecule has 0 spiro atoms. The maximum Gasteiger partial charge on any atom is 0.317 e. The second-order valence-electron chi connectivity index (χ2n) is 9.06. The van der Waals surface area contributed by atoms with E-state index in [4.69, 9.17) is 4.74 Å². The van der Waals surface area contributed by atoms with Crippen LogP contribution in [0.4, 0.5) is 4.79 Å². The molecule has 1 saturated carbocycles. The lowest BCUT2D eigenvalue weighted by molar-refractivity contribution is 0.0994. The minimum atomic E-state index is 0.0573. The molecule has 3 aliphatic rings. The number of pyridine rings is 1. The molecule has 3 fully saturated rings. The fraction of sp³-hybridized carbons (Fsp3) is 0.500. The average molecular weight is 422 g/mol. The molecule has 3 heterocycles. The third-order valence-electron chi connectivity index (χ3n) is 7.20. The van der Waals surface area contributed by atoms with Crippen LogP contribution in [0.2, 0.25) is 0 Å². The number of hydrogen-bond acceptors (Lipinski definition) is 5. The number of aromatic nitrogens is 1. The van der Waals surface area contributed by atoms with Gasteiger partial charge in [-0.2, -0.15) is 0 Å². The number of amides is 2. The summed E-state index contributed by atoms with van der Waals surface area (Å²) in [6, 6.07) is 13.3. The number of methoxy groups -OCH3 is 1. The van der Waals surface area contributed by atoms with Gasteiger partial charge in [0.05, 0.1) is 13.2 Å². The van der Waals surface area contributed by atoms with E-state index in [1.807, 2.05) is 36.2 Å². The molecule has 5 unspecified atom stereocenters. The van der Waals surface area contributed by atoms with Crippen molar-refractivity contribution in [3.8, 4) is 5.75 Å². The Morgan fingerprint density at radius 2 is 2.03 bits per heavy atom. The van der Waals surface area contributed by atoms with Crippen molar-refractivity contribution in [2.75, 3.05) is 20.2 Å². The highest BCUT2D eigenvalue weighted by atomic mass is 16.5. The van der Waals surface area contributed by atoms with Gasteiger partial charge in [-0.3, -0.25) is 10.4 Å².